The van der Waals surface area contributed by atoms with Crippen LogP contribution >= 0.6 is 0 Å². The van der Waals surface area contributed by atoms with Gasteiger partial charge >= 0.3 is 0 Å². The molecule has 3 rings (SSSR count). The summed E-state index contributed by atoms with van der Waals surface area (Å²) in [4.78, 5) is 15.1. The van der Waals surface area contributed by atoms with Crippen LogP contribution in [0.25, 0.3) is 0 Å². The number of hydrogen-bond acceptors (Lipinski definition) is 2. The molecule has 108 valence electrons. The Morgan fingerprint density at radius 3 is 2.63 bits per heavy atom. The lowest BCUT2D eigenvalue weighted by molar-refractivity contribution is -0.141. The van der Waals surface area contributed by atoms with Crippen LogP contribution in [0.2, 0.25) is 0 Å². The van der Waals surface area contributed by atoms with Gasteiger partial charge in [0.15, 0.2) is 0 Å². The Labute approximate surface area is 117 Å². The molecule has 3 aliphatic rings. The number of carbonyl (C=O) groups excluding carboxylic acids is 1. The van der Waals surface area contributed by atoms with Gasteiger partial charge in [0, 0.05) is 24.5 Å². The van der Waals surface area contributed by atoms with Crippen molar-refractivity contribution in [1.29, 1.82) is 0 Å². The molecule has 0 aromatic rings. The van der Waals surface area contributed by atoms with Gasteiger partial charge in [-0.2, -0.15) is 0 Å². The summed E-state index contributed by atoms with van der Waals surface area (Å²) in [5.41, 5.74) is 0. The summed E-state index contributed by atoms with van der Waals surface area (Å²) in [6.07, 6.45) is 9.88. The molecule has 3 fully saturated rings. The van der Waals surface area contributed by atoms with Crippen LogP contribution in [0.3, 0.4) is 0 Å². The lowest BCUT2D eigenvalue weighted by Gasteiger charge is -2.41. The molecule has 1 aliphatic carbocycles. The quantitative estimate of drug-likeness (QED) is 0.831. The molecule has 0 aromatic carbocycles. The Balaban J connectivity index is 1.70. The molecule has 0 aromatic heterocycles. The smallest absolute Gasteiger partial charge is 0.226 e. The van der Waals surface area contributed by atoms with Crippen molar-refractivity contribution in [2.24, 2.45) is 11.8 Å². The zero-order valence-corrected chi connectivity index (χ0v) is 12.2. The van der Waals surface area contributed by atoms with Crippen molar-refractivity contribution in [3.8, 4) is 0 Å². The van der Waals surface area contributed by atoms with E-state index < -0.39 is 0 Å². The first kappa shape index (κ1) is 13.4. The van der Waals surface area contributed by atoms with Gasteiger partial charge in [0.05, 0.1) is 0 Å². The minimum atomic E-state index is 0.321. The second-order valence-electron chi connectivity index (χ2n) is 6.81. The lowest BCUT2D eigenvalue weighted by atomic mass is 9.90. The largest absolute Gasteiger partial charge is 0.338 e. The van der Waals surface area contributed by atoms with E-state index in [1.807, 2.05) is 0 Å². The molecule has 1 amide bonds. The predicted molar refractivity (Wildman–Crippen MR) is 76.9 cm³/mol. The van der Waals surface area contributed by atoms with Crippen LogP contribution in [-0.2, 0) is 4.79 Å². The topological polar surface area (TPSA) is 32.3 Å². The maximum absolute atomic E-state index is 12.9. The molecule has 0 bridgehead atoms. The van der Waals surface area contributed by atoms with Crippen LogP contribution in [0, 0.1) is 11.8 Å². The summed E-state index contributed by atoms with van der Waals surface area (Å²) in [6, 6.07) is 1.05. The highest BCUT2D eigenvalue weighted by Crippen LogP contribution is 2.35. The van der Waals surface area contributed by atoms with Crippen LogP contribution in [0.5, 0.6) is 0 Å². The average Bonchev–Trinajstić information content (AvgIpc) is 3.09. The third kappa shape index (κ3) is 2.67. The van der Waals surface area contributed by atoms with E-state index in [2.05, 4.69) is 17.1 Å². The van der Waals surface area contributed by atoms with Crippen molar-refractivity contribution in [1.82, 2.24) is 10.2 Å². The van der Waals surface area contributed by atoms with Crippen molar-refractivity contribution in [3.05, 3.63) is 0 Å². The fourth-order valence-electron chi connectivity index (χ4n) is 4.41. The highest BCUT2D eigenvalue weighted by Gasteiger charge is 2.39. The first-order chi connectivity index (χ1) is 9.27. The fourth-order valence-corrected chi connectivity index (χ4v) is 4.41. The summed E-state index contributed by atoms with van der Waals surface area (Å²) in [5, 5.41) is 3.62. The summed E-state index contributed by atoms with van der Waals surface area (Å²) in [6.45, 7) is 4.41. The molecule has 4 unspecified atom stereocenters. The van der Waals surface area contributed by atoms with E-state index >= 15 is 0 Å². The minimum Gasteiger partial charge on any atom is -0.338 e. The third-order valence-corrected chi connectivity index (χ3v) is 5.57. The lowest BCUT2D eigenvalue weighted by Crippen LogP contribution is -2.54. The van der Waals surface area contributed by atoms with Crippen LogP contribution in [0.4, 0.5) is 0 Å². The highest BCUT2D eigenvalue weighted by atomic mass is 16.2. The van der Waals surface area contributed by atoms with Gasteiger partial charge in [-0.25, -0.2) is 0 Å². The average molecular weight is 264 g/mol. The second-order valence-corrected chi connectivity index (χ2v) is 6.81. The monoisotopic (exact) mass is 264 g/mol. The van der Waals surface area contributed by atoms with Gasteiger partial charge in [0.2, 0.25) is 5.91 Å². The van der Waals surface area contributed by atoms with Crippen LogP contribution in [0.15, 0.2) is 0 Å². The van der Waals surface area contributed by atoms with Gasteiger partial charge in [0.25, 0.3) is 0 Å². The van der Waals surface area contributed by atoms with E-state index in [9.17, 15) is 4.79 Å². The van der Waals surface area contributed by atoms with Gasteiger partial charge in [-0.15, -0.1) is 0 Å². The molecule has 19 heavy (non-hydrogen) atoms. The first-order valence-electron chi connectivity index (χ1n) is 8.31. The number of nitrogens with zero attached hydrogens (tertiary/aromatic N) is 1. The number of amides is 1. The van der Waals surface area contributed by atoms with Crippen LogP contribution < -0.4 is 5.32 Å². The summed E-state index contributed by atoms with van der Waals surface area (Å²) < 4.78 is 0. The van der Waals surface area contributed by atoms with E-state index in [1.165, 1.54) is 44.9 Å². The molecule has 1 saturated carbocycles. The van der Waals surface area contributed by atoms with Gasteiger partial charge in [-0.05, 0) is 57.4 Å². The molecule has 1 N–H and O–H groups in total. The van der Waals surface area contributed by atoms with E-state index in [-0.39, 0.29) is 0 Å². The Morgan fingerprint density at radius 1 is 1.05 bits per heavy atom. The maximum Gasteiger partial charge on any atom is 0.226 e. The summed E-state index contributed by atoms with van der Waals surface area (Å²) >= 11 is 0. The van der Waals surface area contributed by atoms with E-state index in [0.717, 1.165) is 19.5 Å². The number of nitrogens with one attached hydrogen (secondary N) is 1. The predicted octanol–water partition coefficient (Wildman–Crippen LogP) is 2.56. The van der Waals surface area contributed by atoms with E-state index in [0.29, 0.717) is 29.8 Å². The molecule has 4 atom stereocenters. The number of likely N-dealkylation sites (tertiary alicyclic amines) is 1. The normalized spacial score (nSPS) is 39.7. The molecule has 3 nitrogen and oxygen atoms in total. The molecule has 0 radical (unpaired) electrons. The molecular formula is C16H28N2O. The van der Waals surface area contributed by atoms with E-state index in [1.54, 1.807) is 0 Å². The Kier molecular flexibility index (Phi) is 4.11. The van der Waals surface area contributed by atoms with Crippen molar-refractivity contribution in [2.75, 3.05) is 13.1 Å². The Hall–Kier alpha value is -0.570. The first-order valence-corrected chi connectivity index (χ1v) is 8.31. The molecule has 0 spiro atoms. The molecular weight excluding hydrogens is 236 g/mol. The van der Waals surface area contributed by atoms with Crippen molar-refractivity contribution >= 4 is 5.91 Å². The molecule has 2 aliphatic heterocycles. The van der Waals surface area contributed by atoms with Crippen molar-refractivity contribution in [2.45, 2.75) is 70.4 Å². The zero-order valence-electron chi connectivity index (χ0n) is 12.2. The number of rotatable bonds is 2. The highest BCUT2D eigenvalue weighted by molar-refractivity contribution is 5.80. The van der Waals surface area contributed by atoms with Crippen molar-refractivity contribution in [3.63, 3.8) is 0 Å². The Bertz CT molecular complexity index is 325. The van der Waals surface area contributed by atoms with E-state index in [4.69, 9.17) is 0 Å². The second kappa shape index (κ2) is 5.82. The fraction of sp³-hybridized carbons (Fsp3) is 0.938. The minimum absolute atomic E-state index is 0.321. The zero-order chi connectivity index (χ0) is 13.2. The van der Waals surface area contributed by atoms with Gasteiger partial charge in [0.1, 0.15) is 0 Å². The van der Waals surface area contributed by atoms with Gasteiger partial charge in [-0.3, -0.25) is 4.79 Å². The third-order valence-electron chi connectivity index (χ3n) is 5.57. The number of carbonyl (C=O) groups is 1. The molecule has 2 saturated heterocycles. The SMILES string of the molecule is CC1CCCC1C(=O)N1CCCCC1C1CCCN1. The van der Waals surface area contributed by atoms with Gasteiger partial charge < -0.3 is 10.2 Å². The molecule has 3 heteroatoms. The summed E-state index contributed by atoms with van der Waals surface area (Å²) in [7, 11) is 0. The number of hydrogen-bond donors (Lipinski definition) is 1. The van der Waals surface area contributed by atoms with Crippen molar-refractivity contribution < 1.29 is 4.79 Å². The van der Waals surface area contributed by atoms with Crippen LogP contribution in [-0.4, -0.2) is 36.0 Å². The standard InChI is InChI=1S/C16H28N2O/c1-12-6-4-7-13(12)16(19)18-11-3-2-9-15(18)14-8-5-10-17-14/h12-15,17H,2-11H2,1H3. The Morgan fingerprint density at radius 2 is 1.95 bits per heavy atom. The molecule has 2 heterocycles. The number of piperidine rings is 1. The van der Waals surface area contributed by atoms with Gasteiger partial charge in [-0.1, -0.05) is 13.3 Å². The maximum atomic E-state index is 12.9. The van der Waals surface area contributed by atoms with Crippen LogP contribution in [0.1, 0.15) is 58.3 Å². The summed E-state index contributed by atoms with van der Waals surface area (Å²) in [5.74, 6) is 1.40.